The van der Waals surface area contributed by atoms with Gasteiger partial charge in [-0.1, -0.05) is 12.8 Å². The van der Waals surface area contributed by atoms with Crippen LogP contribution in [0.2, 0.25) is 0 Å². The van der Waals surface area contributed by atoms with Crippen molar-refractivity contribution < 1.29 is 14.3 Å². The number of rotatable bonds is 6. The molecule has 0 aromatic carbocycles. The lowest BCUT2D eigenvalue weighted by Gasteiger charge is -2.29. The Balaban J connectivity index is 1.48. The summed E-state index contributed by atoms with van der Waals surface area (Å²) in [5.74, 6) is 0.445. The number of hydrogen-bond donors (Lipinski definition) is 4. The first-order chi connectivity index (χ1) is 16.0. The Bertz CT molecular complexity index is 1260. The van der Waals surface area contributed by atoms with Crippen molar-refractivity contribution in [3.05, 3.63) is 46.5 Å². The van der Waals surface area contributed by atoms with Gasteiger partial charge in [0.1, 0.15) is 29.1 Å². The minimum atomic E-state index is -1.02. The zero-order valence-electron chi connectivity index (χ0n) is 18.2. The molecule has 3 aromatic rings. The second-order valence-electron chi connectivity index (χ2n) is 8.58. The SMILES string of the molecule is CNc1cc(Nc2cccn([C@H]3CCCC[C@H]3O)c2=O)nc2c(C(=O)N[C@@H]3C[C@@H]3F)cnn12. The average Bonchev–Trinajstić information content (AvgIpc) is 3.32. The Morgan fingerprint density at radius 2 is 2.09 bits per heavy atom. The lowest BCUT2D eigenvalue weighted by atomic mass is 9.92. The molecule has 0 radical (unpaired) electrons. The van der Waals surface area contributed by atoms with E-state index in [1.54, 1.807) is 36.0 Å². The second-order valence-corrected chi connectivity index (χ2v) is 8.58. The molecular weight excluding hydrogens is 429 g/mol. The van der Waals surface area contributed by atoms with E-state index in [2.05, 4.69) is 26.0 Å². The lowest BCUT2D eigenvalue weighted by Crippen LogP contribution is -2.34. The summed E-state index contributed by atoms with van der Waals surface area (Å²) in [5, 5.41) is 23.3. The Kier molecular flexibility index (Phi) is 5.49. The van der Waals surface area contributed by atoms with Crippen LogP contribution in [0.3, 0.4) is 0 Å². The van der Waals surface area contributed by atoms with E-state index in [0.717, 1.165) is 19.3 Å². The third-order valence-corrected chi connectivity index (χ3v) is 6.29. The number of anilines is 3. The first-order valence-electron chi connectivity index (χ1n) is 11.1. The van der Waals surface area contributed by atoms with Gasteiger partial charge in [0.25, 0.3) is 11.5 Å². The molecule has 3 heterocycles. The highest BCUT2D eigenvalue weighted by molar-refractivity contribution is 6.00. The molecule has 0 bridgehead atoms. The van der Waals surface area contributed by atoms with Crippen LogP contribution in [0.15, 0.2) is 35.4 Å². The molecule has 4 N–H and O–H groups in total. The molecule has 0 saturated heterocycles. The van der Waals surface area contributed by atoms with Gasteiger partial charge in [0.2, 0.25) is 0 Å². The number of nitrogens with zero attached hydrogens (tertiary/aromatic N) is 4. The summed E-state index contributed by atoms with van der Waals surface area (Å²) >= 11 is 0. The van der Waals surface area contributed by atoms with Crippen molar-refractivity contribution in [2.24, 2.45) is 0 Å². The van der Waals surface area contributed by atoms with Gasteiger partial charge in [-0.2, -0.15) is 9.61 Å². The summed E-state index contributed by atoms with van der Waals surface area (Å²) in [7, 11) is 1.71. The summed E-state index contributed by atoms with van der Waals surface area (Å²) in [5.41, 5.74) is 0.533. The number of halogens is 1. The number of alkyl halides is 1. The number of hydrogen-bond acceptors (Lipinski definition) is 7. The summed E-state index contributed by atoms with van der Waals surface area (Å²) < 4.78 is 16.3. The summed E-state index contributed by atoms with van der Waals surface area (Å²) in [6, 6.07) is 4.34. The molecule has 3 aromatic heterocycles. The van der Waals surface area contributed by atoms with Gasteiger partial charge in [-0.25, -0.2) is 9.37 Å². The third kappa shape index (κ3) is 4.04. The average molecular weight is 455 g/mol. The van der Waals surface area contributed by atoms with Crippen molar-refractivity contribution in [1.82, 2.24) is 24.5 Å². The summed E-state index contributed by atoms with van der Waals surface area (Å²) in [6.07, 6.45) is 5.15. The van der Waals surface area contributed by atoms with Crippen LogP contribution >= 0.6 is 0 Å². The van der Waals surface area contributed by atoms with Crippen LogP contribution < -0.4 is 21.5 Å². The molecule has 174 valence electrons. The van der Waals surface area contributed by atoms with Crippen LogP contribution in [0.1, 0.15) is 48.5 Å². The molecule has 5 rings (SSSR count). The van der Waals surface area contributed by atoms with Crippen molar-refractivity contribution in [3.63, 3.8) is 0 Å². The monoisotopic (exact) mass is 455 g/mol. The van der Waals surface area contributed by atoms with Gasteiger partial charge in [0, 0.05) is 25.7 Å². The molecule has 2 aliphatic carbocycles. The first-order valence-corrected chi connectivity index (χ1v) is 11.1. The Hall–Kier alpha value is -3.47. The molecule has 10 nitrogen and oxygen atoms in total. The highest BCUT2D eigenvalue weighted by atomic mass is 19.1. The molecule has 2 saturated carbocycles. The zero-order chi connectivity index (χ0) is 23.1. The molecular formula is C22H26FN7O3. The van der Waals surface area contributed by atoms with Crippen LogP contribution in [0.25, 0.3) is 5.65 Å². The van der Waals surface area contributed by atoms with Crippen molar-refractivity contribution in [1.29, 1.82) is 0 Å². The predicted molar refractivity (Wildman–Crippen MR) is 121 cm³/mol. The Morgan fingerprint density at radius 3 is 2.82 bits per heavy atom. The standard InChI is InChI=1S/C22H26FN7O3/c1-24-19-10-18(28-20-12(11-25-30(19)20)21(32)27-15-9-13(15)23)26-14-5-4-8-29(22(14)33)16-6-2-3-7-17(16)31/h4-5,8,10-11,13,15-17,24,31H,2-3,6-7,9H2,1H3,(H,26,28)(H,27,32)/t13-,15+,16-,17+/m0/s1. The minimum absolute atomic E-state index is 0.213. The molecule has 0 unspecified atom stereocenters. The van der Waals surface area contributed by atoms with E-state index in [4.69, 9.17) is 0 Å². The maximum Gasteiger partial charge on any atom is 0.274 e. The molecule has 0 aliphatic heterocycles. The van der Waals surface area contributed by atoms with Crippen LogP contribution in [0.5, 0.6) is 0 Å². The van der Waals surface area contributed by atoms with E-state index in [1.165, 1.54) is 10.7 Å². The highest BCUT2D eigenvalue weighted by Gasteiger charge is 2.39. The first kappa shape index (κ1) is 21.4. The molecule has 2 aliphatic rings. The van der Waals surface area contributed by atoms with Gasteiger partial charge in [0.15, 0.2) is 5.65 Å². The predicted octanol–water partition coefficient (Wildman–Crippen LogP) is 1.99. The van der Waals surface area contributed by atoms with Crippen LogP contribution in [0.4, 0.5) is 21.7 Å². The quantitative estimate of drug-likeness (QED) is 0.448. The normalized spacial score (nSPS) is 24.5. The number of carbonyl (C=O) groups is 1. The van der Waals surface area contributed by atoms with Crippen LogP contribution in [-0.2, 0) is 0 Å². The van der Waals surface area contributed by atoms with Gasteiger partial charge >= 0.3 is 0 Å². The van der Waals surface area contributed by atoms with Crippen LogP contribution in [-0.4, -0.2) is 55.5 Å². The highest BCUT2D eigenvalue weighted by Crippen LogP contribution is 2.29. The fraction of sp³-hybridized carbons (Fsp3) is 0.455. The number of aliphatic hydroxyl groups is 1. The number of aromatic nitrogens is 4. The van der Waals surface area contributed by atoms with Gasteiger partial charge in [-0.05, 0) is 25.0 Å². The molecule has 4 atom stereocenters. The fourth-order valence-electron chi connectivity index (χ4n) is 4.35. The Morgan fingerprint density at radius 1 is 1.30 bits per heavy atom. The van der Waals surface area contributed by atoms with Gasteiger partial charge in [-0.15, -0.1) is 0 Å². The Labute approximate surface area is 188 Å². The molecule has 11 heteroatoms. The van der Waals surface area contributed by atoms with E-state index >= 15 is 0 Å². The van der Waals surface area contributed by atoms with Crippen LogP contribution in [0, 0.1) is 0 Å². The maximum atomic E-state index is 13.2. The van der Waals surface area contributed by atoms with Gasteiger partial charge in [0.05, 0.1) is 24.4 Å². The van der Waals surface area contributed by atoms with Gasteiger partial charge < -0.3 is 25.6 Å². The number of amides is 1. The molecule has 0 spiro atoms. The van der Waals surface area contributed by atoms with Crippen molar-refractivity contribution >= 4 is 28.9 Å². The molecule has 2 fully saturated rings. The minimum Gasteiger partial charge on any atom is -0.391 e. The van der Waals surface area contributed by atoms with Crippen molar-refractivity contribution in [2.45, 2.75) is 56.5 Å². The van der Waals surface area contributed by atoms with Crippen molar-refractivity contribution in [3.8, 4) is 0 Å². The third-order valence-electron chi connectivity index (χ3n) is 6.29. The maximum absolute atomic E-state index is 13.2. The smallest absolute Gasteiger partial charge is 0.274 e. The van der Waals surface area contributed by atoms with E-state index in [0.29, 0.717) is 30.2 Å². The summed E-state index contributed by atoms with van der Waals surface area (Å²) in [4.78, 5) is 30.3. The van der Waals surface area contributed by atoms with E-state index in [1.807, 2.05) is 0 Å². The largest absolute Gasteiger partial charge is 0.391 e. The van der Waals surface area contributed by atoms with E-state index in [-0.39, 0.29) is 22.8 Å². The van der Waals surface area contributed by atoms with E-state index < -0.39 is 24.2 Å². The summed E-state index contributed by atoms with van der Waals surface area (Å²) in [6.45, 7) is 0. The zero-order valence-corrected chi connectivity index (χ0v) is 18.2. The number of aliphatic hydroxyl groups excluding tert-OH is 1. The topological polar surface area (TPSA) is 126 Å². The number of fused-ring (bicyclic) bond motifs is 1. The number of nitrogens with one attached hydrogen (secondary N) is 3. The number of pyridine rings is 1. The molecule has 33 heavy (non-hydrogen) atoms. The molecule has 1 amide bonds. The van der Waals surface area contributed by atoms with Crippen molar-refractivity contribution in [2.75, 3.05) is 17.7 Å². The fourth-order valence-corrected chi connectivity index (χ4v) is 4.35. The lowest BCUT2D eigenvalue weighted by molar-refractivity contribution is 0.0739. The van der Waals surface area contributed by atoms with E-state index in [9.17, 15) is 19.1 Å². The number of carbonyl (C=O) groups excluding carboxylic acids is 1. The van der Waals surface area contributed by atoms with Gasteiger partial charge in [-0.3, -0.25) is 9.59 Å². The second kappa shape index (κ2) is 8.47.